The lowest BCUT2D eigenvalue weighted by atomic mass is 10.1. The summed E-state index contributed by atoms with van der Waals surface area (Å²) in [4.78, 5) is 16.5. The first kappa shape index (κ1) is 17.6. The van der Waals surface area contributed by atoms with E-state index in [1.807, 2.05) is 37.3 Å². The maximum Gasteiger partial charge on any atom is 0.274 e. The molecule has 1 heterocycles. The molecule has 0 aliphatic carbocycles. The SMILES string of the molecule is Cc1cccc(NC(=O)c2cc(NCCc3ccccc3F)ccn2)c1. The van der Waals surface area contributed by atoms with Crippen LogP contribution in [0.1, 0.15) is 21.6 Å². The van der Waals surface area contributed by atoms with E-state index in [2.05, 4.69) is 15.6 Å². The van der Waals surface area contributed by atoms with Crippen LogP contribution in [0.4, 0.5) is 15.8 Å². The number of anilines is 2. The number of hydrogen-bond donors (Lipinski definition) is 2. The van der Waals surface area contributed by atoms with E-state index >= 15 is 0 Å². The first-order valence-corrected chi connectivity index (χ1v) is 8.43. The summed E-state index contributed by atoms with van der Waals surface area (Å²) in [6.07, 6.45) is 2.14. The van der Waals surface area contributed by atoms with Gasteiger partial charge in [-0.25, -0.2) is 4.39 Å². The lowest BCUT2D eigenvalue weighted by Crippen LogP contribution is -2.14. The summed E-state index contributed by atoms with van der Waals surface area (Å²) >= 11 is 0. The fourth-order valence-corrected chi connectivity index (χ4v) is 2.63. The molecule has 132 valence electrons. The normalized spacial score (nSPS) is 10.4. The molecule has 0 fully saturated rings. The maximum absolute atomic E-state index is 13.6. The lowest BCUT2D eigenvalue weighted by molar-refractivity contribution is 0.102. The third-order valence-corrected chi connectivity index (χ3v) is 3.95. The Kier molecular flexibility index (Phi) is 5.59. The zero-order valence-electron chi connectivity index (χ0n) is 14.5. The number of halogens is 1. The van der Waals surface area contributed by atoms with Crippen molar-refractivity contribution in [1.82, 2.24) is 4.98 Å². The van der Waals surface area contributed by atoms with Crippen molar-refractivity contribution in [1.29, 1.82) is 0 Å². The number of nitrogens with one attached hydrogen (secondary N) is 2. The molecule has 0 spiro atoms. The molecule has 0 saturated carbocycles. The van der Waals surface area contributed by atoms with Gasteiger partial charge in [0.15, 0.2) is 0 Å². The molecule has 0 atom stereocenters. The van der Waals surface area contributed by atoms with Crippen molar-refractivity contribution in [3.8, 4) is 0 Å². The van der Waals surface area contributed by atoms with Gasteiger partial charge < -0.3 is 10.6 Å². The summed E-state index contributed by atoms with van der Waals surface area (Å²) in [5, 5.41) is 6.04. The van der Waals surface area contributed by atoms with E-state index in [4.69, 9.17) is 0 Å². The molecule has 0 aliphatic rings. The Hall–Kier alpha value is -3.21. The lowest BCUT2D eigenvalue weighted by Gasteiger charge is -2.09. The van der Waals surface area contributed by atoms with Crippen LogP contribution in [0.15, 0.2) is 66.9 Å². The van der Waals surface area contributed by atoms with Crippen LogP contribution < -0.4 is 10.6 Å². The molecule has 0 unspecified atom stereocenters. The topological polar surface area (TPSA) is 54.0 Å². The van der Waals surface area contributed by atoms with Crippen molar-refractivity contribution in [2.75, 3.05) is 17.2 Å². The minimum atomic E-state index is -0.270. The molecule has 3 aromatic rings. The highest BCUT2D eigenvalue weighted by Gasteiger charge is 2.09. The van der Waals surface area contributed by atoms with Crippen LogP contribution in [-0.4, -0.2) is 17.4 Å². The highest BCUT2D eigenvalue weighted by atomic mass is 19.1. The maximum atomic E-state index is 13.6. The molecule has 2 N–H and O–H groups in total. The van der Waals surface area contributed by atoms with E-state index in [0.717, 1.165) is 16.9 Å². The van der Waals surface area contributed by atoms with Crippen molar-refractivity contribution in [3.05, 3.63) is 89.5 Å². The van der Waals surface area contributed by atoms with Gasteiger partial charge in [0.1, 0.15) is 11.5 Å². The van der Waals surface area contributed by atoms with Crippen LogP contribution in [0.25, 0.3) is 0 Å². The molecule has 0 saturated heterocycles. The zero-order valence-corrected chi connectivity index (χ0v) is 14.5. The van der Waals surface area contributed by atoms with Crippen LogP contribution in [0.3, 0.4) is 0 Å². The second-order valence-electron chi connectivity index (χ2n) is 6.02. The van der Waals surface area contributed by atoms with Gasteiger partial charge in [-0.3, -0.25) is 9.78 Å². The van der Waals surface area contributed by atoms with Crippen LogP contribution in [0.2, 0.25) is 0 Å². The monoisotopic (exact) mass is 349 g/mol. The van der Waals surface area contributed by atoms with Crippen molar-refractivity contribution < 1.29 is 9.18 Å². The largest absolute Gasteiger partial charge is 0.385 e. The number of rotatable bonds is 6. The Morgan fingerprint density at radius 1 is 1.04 bits per heavy atom. The smallest absolute Gasteiger partial charge is 0.274 e. The average molecular weight is 349 g/mol. The van der Waals surface area contributed by atoms with Crippen molar-refractivity contribution in [2.45, 2.75) is 13.3 Å². The predicted octanol–water partition coefficient (Wildman–Crippen LogP) is 4.44. The van der Waals surface area contributed by atoms with E-state index < -0.39 is 0 Å². The molecule has 5 heteroatoms. The Balaban J connectivity index is 1.60. The van der Waals surface area contributed by atoms with Gasteiger partial charge in [-0.05, 0) is 54.8 Å². The first-order chi connectivity index (χ1) is 12.6. The molecule has 3 rings (SSSR count). The molecule has 1 aromatic heterocycles. The molecule has 0 radical (unpaired) electrons. The summed E-state index contributed by atoms with van der Waals surface area (Å²) in [5.74, 6) is -0.476. The number of hydrogen-bond acceptors (Lipinski definition) is 3. The number of pyridine rings is 1. The third kappa shape index (κ3) is 4.66. The molecular weight excluding hydrogens is 329 g/mol. The van der Waals surface area contributed by atoms with Crippen LogP contribution in [0.5, 0.6) is 0 Å². The van der Waals surface area contributed by atoms with Gasteiger partial charge in [-0.2, -0.15) is 0 Å². The standard InChI is InChI=1S/C21H20FN3O/c1-15-5-4-7-18(13-15)25-21(26)20-14-17(10-12-24-20)23-11-9-16-6-2-3-8-19(16)22/h2-8,10,12-14H,9,11H2,1H3,(H,23,24)(H,25,26). The third-order valence-electron chi connectivity index (χ3n) is 3.95. The van der Waals surface area contributed by atoms with Crippen molar-refractivity contribution in [3.63, 3.8) is 0 Å². The van der Waals surface area contributed by atoms with Crippen molar-refractivity contribution >= 4 is 17.3 Å². The molecular formula is C21H20FN3O. The highest BCUT2D eigenvalue weighted by molar-refractivity contribution is 6.03. The van der Waals surface area contributed by atoms with E-state index in [9.17, 15) is 9.18 Å². The number of aromatic nitrogens is 1. The zero-order chi connectivity index (χ0) is 18.4. The van der Waals surface area contributed by atoms with Crippen LogP contribution in [0, 0.1) is 12.7 Å². The molecule has 4 nitrogen and oxygen atoms in total. The molecule has 1 amide bonds. The fraction of sp³-hybridized carbons (Fsp3) is 0.143. The Bertz CT molecular complexity index is 911. The Morgan fingerprint density at radius 3 is 2.69 bits per heavy atom. The van der Waals surface area contributed by atoms with Gasteiger partial charge >= 0.3 is 0 Å². The summed E-state index contributed by atoms with van der Waals surface area (Å²) in [6.45, 7) is 2.53. The van der Waals surface area contributed by atoms with E-state index in [1.165, 1.54) is 6.07 Å². The van der Waals surface area contributed by atoms with E-state index in [-0.39, 0.29) is 11.7 Å². The van der Waals surface area contributed by atoms with Gasteiger partial charge in [0.2, 0.25) is 0 Å². The van der Waals surface area contributed by atoms with Crippen LogP contribution >= 0.6 is 0 Å². The molecule has 0 bridgehead atoms. The summed E-state index contributed by atoms with van der Waals surface area (Å²) in [7, 11) is 0. The summed E-state index contributed by atoms with van der Waals surface area (Å²) < 4.78 is 13.6. The summed E-state index contributed by atoms with van der Waals surface area (Å²) in [6, 6.07) is 17.8. The van der Waals surface area contributed by atoms with Gasteiger partial charge in [0.25, 0.3) is 5.91 Å². The molecule has 0 aliphatic heterocycles. The van der Waals surface area contributed by atoms with E-state index in [0.29, 0.717) is 24.2 Å². The number of carbonyl (C=O) groups is 1. The van der Waals surface area contributed by atoms with Crippen molar-refractivity contribution in [2.24, 2.45) is 0 Å². The van der Waals surface area contributed by atoms with Gasteiger partial charge in [-0.15, -0.1) is 0 Å². The number of benzene rings is 2. The molecule has 2 aromatic carbocycles. The first-order valence-electron chi connectivity index (χ1n) is 8.43. The van der Waals surface area contributed by atoms with Crippen LogP contribution in [-0.2, 0) is 6.42 Å². The highest BCUT2D eigenvalue weighted by Crippen LogP contribution is 2.14. The Labute approximate surface area is 152 Å². The average Bonchev–Trinajstić information content (AvgIpc) is 2.64. The number of aryl methyl sites for hydroxylation is 1. The minimum Gasteiger partial charge on any atom is -0.385 e. The predicted molar refractivity (Wildman–Crippen MR) is 102 cm³/mol. The van der Waals surface area contributed by atoms with E-state index in [1.54, 1.807) is 30.5 Å². The number of carbonyl (C=O) groups excluding carboxylic acids is 1. The van der Waals surface area contributed by atoms with Gasteiger partial charge in [0, 0.05) is 24.1 Å². The fourth-order valence-electron chi connectivity index (χ4n) is 2.63. The molecule has 26 heavy (non-hydrogen) atoms. The number of amides is 1. The Morgan fingerprint density at radius 2 is 1.88 bits per heavy atom. The van der Waals surface area contributed by atoms with Gasteiger partial charge in [-0.1, -0.05) is 30.3 Å². The number of nitrogens with zero attached hydrogens (tertiary/aromatic N) is 1. The minimum absolute atomic E-state index is 0.206. The second-order valence-corrected chi connectivity index (χ2v) is 6.02. The second kappa shape index (κ2) is 8.25. The van der Waals surface area contributed by atoms with Gasteiger partial charge in [0.05, 0.1) is 0 Å². The summed E-state index contributed by atoms with van der Waals surface area (Å²) in [5.41, 5.74) is 3.55. The quantitative estimate of drug-likeness (QED) is 0.692.